The molecule has 1 saturated carbocycles. The van der Waals surface area contributed by atoms with E-state index in [-0.39, 0.29) is 18.0 Å². The summed E-state index contributed by atoms with van der Waals surface area (Å²) in [7, 11) is 0. The molecule has 1 spiro atoms. The fourth-order valence-corrected chi connectivity index (χ4v) is 4.12. The normalized spacial score (nSPS) is 31.3. The maximum absolute atomic E-state index is 11.6. The number of cyclic esters (lactones) is 1. The Kier molecular flexibility index (Phi) is 4.09. The van der Waals surface area contributed by atoms with Crippen LogP contribution >= 0.6 is 0 Å². The number of rotatable bonds is 3. The summed E-state index contributed by atoms with van der Waals surface area (Å²) in [5.41, 5.74) is 3.45. The lowest BCUT2D eigenvalue weighted by Crippen LogP contribution is -2.33. The number of aliphatic hydroxyl groups excluding tert-OH is 1. The molecule has 1 aromatic rings. The molecule has 3 heteroatoms. The SMILES string of the molecule is C=C(C)[C@@H]1CCC2(COC(=O)C2)C[C@H]1c1ccc(CO)cc1. The van der Waals surface area contributed by atoms with Crippen molar-refractivity contribution in [3.05, 3.63) is 47.5 Å². The van der Waals surface area contributed by atoms with Crippen molar-refractivity contribution in [3.8, 4) is 0 Å². The number of ether oxygens (including phenoxy) is 1. The van der Waals surface area contributed by atoms with Crippen molar-refractivity contribution in [2.45, 2.75) is 45.1 Å². The Morgan fingerprint density at radius 3 is 2.68 bits per heavy atom. The van der Waals surface area contributed by atoms with E-state index in [2.05, 4.69) is 25.6 Å². The highest BCUT2D eigenvalue weighted by atomic mass is 16.5. The number of hydrogen-bond acceptors (Lipinski definition) is 3. The van der Waals surface area contributed by atoms with Gasteiger partial charge in [0, 0.05) is 5.41 Å². The van der Waals surface area contributed by atoms with Crippen LogP contribution in [0.3, 0.4) is 0 Å². The Labute approximate surface area is 132 Å². The summed E-state index contributed by atoms with van der Waals surface area (Å²) in [4.78, 5) is 11.6. The van der Waals surface area contributed by atoms with Gasteiger partial charge in [-0.1, -0.05) is 36.4 Å². The highest BCUT2D eigenvalue weighted by Gasteiger charge is 2.47. The molecule has 3 nitrogen and oxygen atoms in total. The maximum Gasteiger partial charge on any atom is 0.306 e. The third kappa shape index (κ3) is 2.82. The van der Waals surface area contributed by atoms with Crippen LogP contribution < -0.4 is 0 Å². The molecule has 0 amide bonds. The smallest absolute Gasteiger partial charge is 0.306 e. The summed E-state index contributed by atoms with van der Waals surface area (Å²) in [6.07, 6.45) is 3.65. The van der Waals surface area contributed by atoms with Gasteiger partial charge in [-0.2, -0.15) is 0 Å². The fraction of sp³-hybridized carbons (Fsp3) is 0.526. The van der Waals surface area contributed by atoms with Crippen LogP contribution in [0.4, 0.5) is 0 Å². The lowest BCUT2D eigenvalue weighted by molar-refractivity contribution is -0.137. The second-order valence-electron chi connectivity index (χ2n) is 7.04. The Balaban J connectivity index is 1.88. The van der Waals surface area contributed by atoms with Gasteiger partial charge in [-0.25, -0.2) is 0 Å². The van der Waals surface area contributed by atoms with Crippen LogP contribution in [0.15, 0.2) is 36.4 Å². The molecule has 3 atom stereocenters. The molecule has 0 aromatic heterocycles. The molecule has 1 unspecified atom stereocenters. The first kappa shape index (κ1) is 15.3. The Morgan fingerprint density at radius 1 is 1.41 bits per heavy atom. The molecule has 1 saturated heterocycles. The molecular weight excluding hydrogens is 276 g/mol. The molecule has 1 aliphatic carbocycles. The monoisotopic (exact) mass is 300 g/mol. The average molecular weight is 300 g/mol. The minimum absolute atomic E-state index is 0.0172. The molecule has 1 aromatic carbocycles. The van der Waals surface area contributed by atoms with Gasteiger partial charge in [0.1, 0.15) is 0 Å². The zero-order chi connectivity index (χ0) is 15.7. The van der Waals surface area contributed by atoms with E-state index < -0.39 is 0 Å². The molecular formula is C19H24O3. The highest BCUT2D eigenvalue weighted by Crippen LogP contribution is 2.52. The van der Waals surface area contributed by atoms with Gasteiger partial charge in [-0.15, -0.1) is 0 Å². The van der Waals surface area contributed by atoms with Crippen LogP contribution in [-0.2, 0) is 16.1 Å². The van der Waals surface area contributed by atoms with Crippen LogP contribution in [0.2, 0.25) is 0 Å². The van der Waals surface area contributed by atoms with Crippen molar-refractivity contribution >= 4 is 5.97 Å². The van der Waals surface area contributed by atoms with Crippen molar-refractivity contribution in [1.29, 1.82) is 0 Å². The van der Waals surface area contributed by atoms with Gasteiger partial charge in [0.2, 0.25) is 0 Å². The first-order valence-electron chi connectivity index (χ1n) is 8.04. The number of esters is 1. The van der Waals surface area contributed by atoms with Crippen molar-refractivity contribution in [3.63, 3.8) is 0 Å². The van der Waals surface area contributed by atoms with Crippen LogP contribution in [0, 0.1) is 11.3 Å². The first-order chi connectivity index (χ1) is 10.5. The summed E-state index contributed by atoms with van der Waals surface area (Å²) in [6.45, 7) is 6.93. The van der Waals surface area contributed by atoms with E-state index in [1.165, 1.54) is 11.1 Å². The van der Waals surface area contributed by atoms with Gasteiger partial charge >= 0.3 is 5.97 Å². The summed E-state index contributed by atoms with van der Waals surface area (Å²) in [5, 5.41) is 9.21. The zero-order valence-corrected chi connectivity index (χ0v) is 13.2. The van der Waals surface area contributed by atoms with Crippen LogP contribution in [0.25, 0.3) is 0 Å². The van der Waals surface area contributed by atoms with Crippen LogP contribution in [0.1, 0.15) is 49.7 Å². The molecule has 1 N–H and O–H groups in total. The first-order valence-corrected chi connectivity index (χ1v) is 8.04. The van der Waals surface area contributed by atoms with Crippen LogP contribution in [0.5, 0.6) is 0 Å². The molecule has 0 bridgehead atoms. The topological polar surface area (TPSA) is 46.5 Å². The molecule has 0 radical (unpaired) electrons. The van der Waals surface area contributed by atoms with E-state index in [0.29, 0.717) is 24.9 Å². The van der Waals surface area contributed by atoms with Gasteiger partial charge < -0.3 is 9.84 Å². The van der Waals surface area contributed by atoms with E-state index >= 15 is 0 Å². The van der Waals surface area contributed by atoms with Crippen molar-refractivity contribution in [2.75, 3.05) is 6.61 Å². The number of carbonyl (C=O) groups excluding carboxylic acids is 1. The molecule has 3 rings (SSSR count). The lowest BCUT2D eigenvalue weighted by Gasteiger charge is -2.42. The van der Waals surface area contributed by atoms with E-state index in [9.17, 15) is 9.90 Å². The van der Waals surface area contributed by atoms with Gasteiger partial charge in [0.05, 0.1) is 19.6 Å². The highest BCUT2D eigenvalue weighted by molar-refractivity contribution is 5.72. The van der Waals surface area contributed by atoms with Crippen molar-refractivity contribution < 1.29 is 14.6 Å². The Bertz CT molecular complexity index is 575. The van der Waals surface area contributed by atoms with E-state index in [4.69, 9.17) is 4.74 Å². The largest absolute Gasteiger partial charge is 0.465 e. The van der Waals surface area contributed by atoms with Crippen molar-refractivity contribution in [2.24, 2.45) is 11.3 Å². The van der Waals surface area contributed by atoms with Gasteiger partial charge in [-0.05, 0) is 49.1 Å². The average Bonchev–Trinajstić information content (AvgIpc) is 2.87. The third-order valence-electron chi connectivity index (χ3n) is 5.41. The Hall–Kier alpha value is -1.61. The summed E-state index contributed by atoms with van der Waals surface area (Å²) < 4.78 is 5.27. The van der Waals surface area contributed by atoms with Gasteiger partial charge in [0.15, 0.2) is 0 Å². The third-order valence-corrected chi connectivity index (χ3v) is 5.41. The van der Waals surface area contributed by atoms with Crippen LogP contribution in [-0.4, -0.2) is 17.7 Å². The number of aliphatic hydroxyl groups is 1. The number of allylic oxidation sites excluding steroid dienone is 1. The molecule has 118 valence electrons. The quantitative estimate of drug-likeness (QED) is 0.685. The zero-order valence-electron chi connectivity index (χ0n) is 13.2. The lowest BCUT2D eigenvalue weighted by atomic mass is 9.61. The molecule has 2 aliphatic rings. The summed E-state index contributed by atoms with van der Waals surface area (Å²) >= 11 is 0. The maximum atomic E-state index is 11.6. The molecule has 1 aliphatic heterocycles. The number of carbonyl (C=O) groups is 1. The Morgan fingerprint density at radius 2 is 2.14 bits per heavy atom. The summed E-state index contributed by atoms with van der Waals surface area (Å²) in [6, 6.07) is 8.20. The number of benzene rings is 1. The predicted octanol–water partition coefficient (Wildman–Crippen LogP) is 3.57. The van der Waals surface area contributed by atoms with E-state index in [0.717, 1.165) is 24.8 Å². The van der Waals surface area contributed by atoms with Crippen molar-refractivity contribution in [1.82, 2.24) is 0 Å². The van der Waals surface area contributed by atoms with Gasteiger partial charge in [0.25, 0.3) is 0 Å². The molecule has 2 fully saturated rings. The standard InChI is InChI=1S/C19H24O3/c1-13(2)16-7-8-19(10-18(21)22-12-19)9-17(16)15-5-3-14(11-20)4-6-15/h3-6,16-17,20H,1,7-12H2,2H3/t16-,17-,19?/m0/s1. The summed E-state index contributed by atoms with van der Waals surface area (Å²) in [5.74, 6) is 0.790. The molecule has 1 heterocycles. The second kappa shape index (κ2) is 5.88. The predicted molar refractivity (Wildman–Crippen MR) is 85.3 cm³/mol. The second-order valence-corrected chi connectivity index (χ2v) is 7.04. The van der Waals surface area contributed by atoms with Gasteiger partial charge in [-0.3, -0.25) is 4.79 Å². The number of hydrogen-bond donors (Lipinski definition) is 1. The van der Waals surface area contributed by atoms with E-state index in [1.807, 2.05) is 12.1 Å². The molecule has 22 heavy (non-hydrogen) atoms. The van der Waals surface area contributed by atoms with E-state index in [1.54, 1.807) is 0 Å². The minimum Gasteiger partial charge on any atom is -0.465 e. The minimum atomic E-state index is -0.0526. The fourth-order valence-electron chi connectivity index (χ4n) is 4.12.